The van der Waals surface area contributed by atoms with E-state index >= 15 is 0 Å². The smallest absolute Gasteiger partial charge is 0.223 e. The molecule has 3 aromatic rings. The second-order valence-corrected chi connectivity index (χ2v) is 8.89. The van der Waals surface area contributed by atoms with Gasteiger partial charge in [-0.3, -0.25) is 9.48 Å². The molecule has 7 heteroatoms. The highest BCUT2D eigenvalue weighted by molar-refractivity contribution is 9.10. The third-order valence-corrected chi connectivity index (χ3v) is 6.61. The van der Waals surface area contributed by atoms with E-state index in [4.69, 9.17) is 4.74 Å². The Bertz CT molecular complexity index is 1060. The number of aromatic nitrogens is 2. The van der Waals surface area contributed by atoms with Crippen molar-refractivity contribution in [2.75, 3.05) is 20.3 Å². The Kier molecular flexibility index (Phi) is 5.84. The molecule has 0 saturated carbocycles. The highest BCUT2D eigenvalue weighted by Gasteiger charge is 2.38. The summed E-state index contributed by atoms with van der Waals surface area (Å²) in [5.74, 6) is 0.832. The number of ether oxygens (including phenoxy) is 1. The van der Waals surface area contributed by atoms with Crippen LogP contribution < -0.4 is 4.74 Å². The zero-order valence-corrected chi connectivity index (χ0v) is 19.0. The Morgan fingerprint density at radius 1 is 1.30 bits per heavy atom. The number of carbonyl (C=O) groups is 1. The van der Waals surface area contributed by atoms with Gasteiger partial charge < -0.3 is 14.7 Å². The lowest BCUT2D eigenvalue weighted by Crippen LogP contribution is -2.29. The SMILES string of the molecule is COc1ccc([C@H](C)N2C[C@@H]([C@@H](CO)c3cc(Br)cc4nn(C)cc34)CC2=O)cc1. The summed E-state index contributed by atoms with van der Waals surface area (Å²) in [4.78, 5) is 14.8. The summed E-state index contributed by atoms with van der Waals surface area (Å²) in [6.07, 6.45) is 2.41. The standard InChI is InChI=1S/C23H26BrN3O3/c1-14(15-4-6-18(30-3)7-5-15)27-11-16(8-23(27)29)21(13-28)19-9-17(24)10-22-20(19)12-26(2)25-22/h4-7,9-10,12,14,16,21,28H,8,11,13H2,1-3H3/t14-,16-,21+/m0/s1. The number of hydrogen-bond donors (Lipinski definition) is 1. The summed E-state index contributed by atoms with van der Waals surface area (Å²) in [5.41, 5.74) is 2.99. The van der Waals surface area contributed by atoms with Crippen LogP contribution in [0.4, 0.5) is 0 Å². The molecule has 1 saturated heterocycles. The number of likely N-dealkylation sites (tertiary alicyclic amines) is 1. The van der Waals surface area contributed by atoms with Gasteiger partial charge in [0, 0.05) is 42.0 Å². The number of aliphatic hydroxyl groups is 1. The van der Waals surface area contributed by atoms with Gasteiger partial charge in [0.05, 0.1) is 25.3 Å². The zero-order valence-electron chi connectivity index (χ0n) is 17.4. The number of aryl methyl sites for hydroxylation is 1. The first-order valence-corrected chi connectivity index (χ1v) is 10.9. The normalized spacial score (nSPS) is 18.8. The molecule has 0 unspecified atom stereocenters. The summed E-state index contributed by atoms with van der Waals surface area (Å²) < 4.78 is 7.95. The van der Waals surface area contributed by atoms with Crippen LogP contribution in [0.3, 0.4) is 0 Å². The van der Waals surface area contributed by atoms with Gasteiger partial charge in [-0.2, -0.15) is 5.10 Å². The van der Waals surface area contributed by atoms with Crippen LogP contribution in [0.15, 0.2) is 47.1 Å². The predicted molar refractivity (Wildman–Crippen MR) is 119 cm³/mol. The van der Waals surface area contributed by atoms with Crippen LogP contribution in [0.2, 0.25) is 0 Å². The summed E-state index contributed by atoms with van der Waals surface area (Å²) in [5, 5.41) is 15.8. The van der Waals surface area contributed by atoms with E-state index < -0.39 is 0 Å². The molecule has 1 N–H and O–H groups in total. The molecule has 0 aliphatic carbocycles. The summed E-state index contributed by atoms with van der Waals surface area (Å²) in [6, 6.07) is 11.8. The first kappa shape index (κ1) is 20.9. The van der Waals surface area contributed by atoms with Crippen LogP contribution in [-0.2, 0) is 11.8 Å². The van der Waals surface area contributed by atoms with E-state index in [-0.39, 0.29) is 30.4 Å². The third-order valence-electron chi connectivity index (χ3n) is 6.16. The molecule has 30 heavy (non-hydrogen) atoms. The van der Waals surface area contributed by atoms with Crippen LogP contribution in [-0.4, -0.2) is 46.0 Å². The number of fused-ring (bicyclic) bond motifs is 1. The number of aliphatic hydroxyl groups excluding tert-OH is 1. The van der Waals surface area contributed by atoms with Crippen LogP contribution in [0.25, 0.3) is 10.9 Å². The number of carbonyl (C=O) groups excluding carboxylic acids is 1. The molecule has 1 aliphatic rings. The zero-order chi connectivity index (χ0) is 21.4. The predicted octanol–water partition coefficient (Wildman–Crippen LogP) is 4.03. The van der Waals surface area contributed by atoms with E-state index in [0.717, 1.165) is 32.3 Å². The third kappa shape index (κ3) is 3.84. The monoisotopic (exact) mass is 471 g/mol. The van der Waals surface area contributed by atoms with Crippen molar-refractivity contribution >= 4 is 32.7 Å². The lowest BCUT2D eigenvalue weighted by molar-refractivity contribution is -0.129. The highest BCUT2D eigenvalue weighted by atomic mass is 79.9. The Hall–Kier alpha value is -2.38. The van der Waals surface area contributed by atoms with Crippen molar-refractivity contribution in [1.29, 1.82) is 0 Å². The average Bonchev–Trinajstić information content (AvgIpc) is 3.29. The number of rotatable bonds is 6. The van der Waals surface area contributed by atoms with Crippen LogP contribution >= 0.6 is 15.9 Å². The maximum absolute atomic E-state index is 12.9. The molecule has 1 fully saturated rings. The molecule has 158 valence electrons. The van der Waals surface area contributed by atoms with Crippen molar-refractivity contribution in [3.05, 3.63) is 58.2 Å². The Morgan fingerprint density at radius 3 is 2.70 bits per heavy atom. The van der Waals surface area contributed by atoms with Crippen molar-refractivity contribution in [3.8, 4) is 5.75 Å². The van der Waals surface area contributed by atoms with E-state index in [1.807, 2.05) is 54.5 Å². The number of benzene rings is 2. The van der Waals surface area contributed by atoms with Crippen molar-refractivity contribution in [1.82, 2.24) is 14.7 Å². The molecule has 1 aliphatic heterocycles. The van der Waals surface area contributed by atoms with Crippen molar-refractivity contribution in [2.45, 2.75) is 25.3 Å². The van der Waals surface area contributed by atoms with Gasteiger partial charge in [-0.1, -0.05) is 28.1 Å². The van der Waals surface area contributed by atoms with Crippen molar-refractivity contribution in [3.63, 3.8) is 0 Å². The summed E-state index contributed by atoms with van der Waals surface area (Å²) in [6.45, 7) is 2.66. The second kappa shape index (κ2) is 8.40. The molecular weight excluding hydrogens is 446 g/mol. The number of methoxy groups -OCH3 is 1. The quantitative estimate of drug-likeness (QED) is 0.589. The fourth-order valence-electron chi connectivity index (χ4n) is 4.51. The lowest BCUT2D eigenvalue weighted by atomic mass is 9.84. The fraction of sp³-hybridized carbons (Fsp3) is 0.391. The number of amides is 1. The van der Waals surface area contributed by atoms with Gasteiger partial charge in [0.15, 0.2) is 0 Å². The largest absolute Gasteiger partial charge is 0.497 e. The van der Waals surface area contributed by atoms with Crippen molar-refractivity contribution < 1.29 is 14.6 Å². The first-order chi connectivity index (χ1) is 14.4. The van der Waals surface area contributed by atoms with Crippen LogP contribution in [0.1, 0.15) is 36.4 Å². The van der Waals surface area contributed by atoms with Crippen molar-refractivity contribution in [2.24, 2.45) is 13.0 Å². The molecule has 0 radical (unpaired) electrons. The van der Waals surface area contributed by atoms with E-state index in [1.54, 1.807) is 11.8 Å². The lowest BCUT2D eigenvalue weighted by Gasteiger charge is -2.27. The molecule has 0 bridgehead atoms. The van der Waals surface area contributed by atoms with Gasteiger partial charge in [-0.25, -0.2) is 0 Å². The molecule has 6 nitrogen and oxygen atoms in total. The summed E-state index contributed by atoms with van der Waals surface area (Å²) in [7, 11) is 3.53. The van der Waals surface area contributed by atoms with Gasteiger partial charge >= 0.3 is 0 Å². The van der Waals surface area contributed by atoms with Crippen LogP contribution in [0.5, 0.6) is 5.75 Å². The molecule has 4 rings (SSSR count). The average molecular weight is 472 g/mol. The Labute approximate surface area is 184 Å². The molecular formula is C23H26BrN3O3. The number of hydrogen-bond acceptors (Lipinski definition) is 4. The molecule has 0 spiro atoms. The van der Waals surface area contributed by atoms with E-state index in [0.29, 0.717) is 13.0 Å². The number of nitrogens with zero attached hydrogens (tertiary/aromatic N) is 3. The molecule has 2 aromatic carbocycles. The molecule has 1 amide bonds. The number of halogens is 1. The maximum Gasteiger partial charge on any atom is 0.223 e. The van der Waals surface area contributed by atoms with Gasteiger partial charge in [0.1, 0.15) is 5.75 Å². The summed E-state index contributed by atoms with van der Waals surface area (Å²) >= 11 is 3.57. The van der Waals surface area contributed by atoms with E-state index in [2.05, 4.69) is 28.0 Å². The molecule has 3 atom stereocenters. The van der Waals surface area contributed by atoms with Crippen LogP contribution in [0, 0.1) is 5.92 Å². The minimum atomic E-state index is -0.133. The topological polar surface area (TPSA) is 67.6 Å². The van der Waals surface area contributed by atoms with Gasteiger partial charge in [-0.05, 0) is 48.2 Å². The minimum Gasteiger partial charge on any atom is -0.497 e. The van der Waals surface area contributed by atoms with Gasteiger partial charge in [-0.15, -0.1) is 0 Å². The minimum absolute atomic E-state index is 0.0108. The van der Waals surface area contributed by atoms with E-state index in [1.165, 1.54) is 0 Å². The van der Waals surface area contributed by atoms with Gasteiger partial charge in [0.2, 0.25) is 5.91 Å². The van der Waals surface area contributed by atoms with Gasteiger partial charge in [0.25, 0.3) is 0 Å². The van der Waals surface area contributed by atoms with E-state index in [9.17, 15) is 9.90 Å². The maximum atomic E-state index is 12.9. The second-order valence-electron chi connectivity index (χ2n) is 7.98. The Morgan fingerprint density at radius 2 is 2.03 bits per heavy atom. The molecule has 2 heterocycles. The molecule has 1 aromatic heterocycles. The fourth-order valence-corrected chi connectivity index (χ4v) is 4.97. The highest BCUT2D eigenvalue weighted by Crippen LogP contribution is 2.39. The first-order valence-electron chi connectivity index (χ1n) is 10.1. The Balaban J connectivity index is 1.60.